The molecule has 152 valence electrons. The first kappa shape index (κ1) is 19.6. The van der Waals surface area contributed by atoms with Crippen molar-refractivity contribution < 1.29 is 9.18 Å². The van der Waals surface area contributed by atoms with Gasteiger partial charge in [-0.1, -0.05) is 18.2 Å². The van der Waals surface area contributed by atoms with Crippen LogP contribution >= 0.6 is 0 Å². The Hall–Kier alpha value is -2.73. The van der Waals surface area contributed by atoms with Crippen molar-refractivity contribution in [2.45, 2.75) is 19.3 Å². The first-order valence-electron chi connectivity index (χ1n) is 10.2. The van der Waals surface area contributed by atoms with Crippen molar-refractivity contribution in [3.63, 3.8) is 0 Å². The first-order chi connectivity index (χ1) is 14.1. The molecule has 1 fully saturated rings. The number of amides is 1. The number of fused-ring (bicyclic) bond motifs is 1. The van der Waals surface area contributed by atoms with Crippen LogP contribution < -0.4 is 0 Å². The lowest BCUT2D eigenvalue weighted by molar-refractivity contribution is 0.0730. The van der Waals surface area contributed by atoms with Gasteiger partial charge < -0.3 is 14.2 Å². The van der Waals surface area contributed by atoms with E-state index in [1.165, 1.54) is 6.07 Å². The smallest absolute Gasteiger partial charge is 0.255 e. The molecule has 1 atom stereocenters. The zero-order valence-corrected chi connectivity index (χ0v) is 16.8. The van der Waals surface area contributed by atoms with Gasteiger partial charge in [0.25, 0.3) is 5.91 Å². The van der Waals surface area contributed by atoms with Crippen LogP contribution in [0.15, 0.2) is 55.0 Å². The molecule has 0 spiro atoms. The Morgan fingerprint density at radius 2 is 2.14 bits per heavy atom. The molecular formula is C23H27FN4O. The van der Waals surface area contributed by atoms with Gasteiger partial charge in [-0.05, 0) is 55.5 Å². The molecule has 4 rings (SSSR count). The summed E-state index contributed by atoms with van der Waals surface area (Å²) in [5.74, 6) is 0.348. The molecule has 3 aromatic rings. The predicted octanol–water partition coefficient (Wildman–Crippen LogP) is 3.50. The number of hydrogen-bond donors (Lipinski definition) is 0. The van der Waals surface area contributed by atoms with Crippen LogP contribution in [0.25, 0.3) is 5.65 Å². The highest BCUT2D eigenvalue weighted by Crippen LogP contribution is 2.19. The van der Waals surface area contributed by atoms with Crippen LogP contribution in [0.4, 0.5) is 4.39 Å². The molecule has 0 saturated carbocycles. The molecule has 1 aliphatic rings. The average molecular weight is 394 g/mol. The van der Waals surface area contributed by atoms with Crippen molar-refractivity contribution in [1.82, 2.24) is 19.2 Å². The monoisotopic (exact) mass is 394 g/mol. The number of hydrogen-bond acceptors (Lipinski definition) is 3. The molecular weight excluding hydrogens is 367 g/mol. The van der Waals surface area contributed by atoms with E-state index >= 15 is 0 Å². The minimum absolute atomic E-state index is 0.0316. The van der Waals surface area contributed by atoms with Crippen molar-refractivity contribution in [2.24, 2.45) is 5.92 Å². The number of benzene rings is 1. The maximum atomic E-state index is 13.9. The van der Waals surface area contributed by atoms with Crippen LogP contribution in [0.1, 0.15) is 28.8 Å². The minimum Gasteiger partial charge on any atom is -0.341 e. The molecule has 1 amide bonds. The van der Waals surface area contributed by atoms with Gasteiger partial charge in [0.1, 0.15) is 11.5 Å². The van der Waals surface area contributed by atoms with Crippen molar-refractivity contribution in [3.05, 3.63) is 71.9 Å². The molecule has 6 heteroatoms. The molecule has 1 saturated heterocycles. The van der Waals surface area contributed by atoms with E-state index in [2.05, 4.69) is 9.88 Å². The van der Waals surface area contributed by atoms with Gasteiger partial charge >= 0.3 is 0 Å². The molecule has 0 aliphatic carbocycles. The molecule has 3 heterocycles. The van der Waals surface area contributed by atoms with E-state index in [0.29, 0.717) is 11.5 Å². The summed E-state index contributed by atoms with van der Waals surface area (Å²) in [4.78, 5) is 21.3. The van der Waals surface area contributed by atoms with Gasteiger partial charge in [0.15, 0.2) is 0 Å². The molecule has 1 unspecified atom stereocenters. The summed E-state index contributed by atoms with van der Waals surface area (Å²) in [7, 11) is 1.87. The fraction of sp³-hybridized carbons (Fsp3) is 0.391. The van der Waals surface area contributed by atoms with E-state index in [4.69, 9.17) is 0 Å². The topological polar surface area (TPSA) is 40.8 Å². The lowest BCUT2D eigenvalue weighted by atomic mass is 9.97. The molecule has 5 nitrogen and oxygen atoms in total. The first-order valence-corrected chi connectivity index (χ1v) is 10.2. The SMILES string of the molecule is CN(CC1CCCN(CCc2ccccc2F)C1)C(=O)c1ccc2nccn2c1. The Labute approximate surface area is 170 Å². The Balaban J connectivity index is 1.32. The molecule has 0 bridgehead atoms. The Morgan fingerprint density at radius 1 is 1.28 bits per heavy atom. The van der Waals surface area contributed by atoms with Gasteiger partial charge in [0, 0.05) is 45.3 Å². The quantitative estimate of drug-likeness (QED) is 0.643. The lowest BCUT2D eigenvalue weighted by Gasteiger charge is -2.34. The predicted molar refractivity (Wildman–Crippen MR) is 111 cm³/mol. The largest absolute Gasteiger partial charge is 0.341 e. The van der Waals surface area contributed by atoms with Crippen LogP contribution in [0, 0.1) is 11.7 Å². The van der Waals surface area contributed by atoms with E-state index in [0.717, 1.165) is 56.7 Å². The lowest BCUT2D eigenvalue weighted by Crippen LogP contribution is -2.42. The van der Waals surface area contributed by atoms with Crippen LogP contribution in [-0.4, -0.2) is 58.3 Å². The number of carbonyl (C=O) groups is 1. The van der Waals surface area contributed by atoms with Gasteiger partial charge in [0.2, 0.25) is 0 Å². The van der Waals surface area contributed by atoms with E-state index in [1.807, 2.05) is 53.0 Å². The summed E-state index contributed by atoms with van der Waals surface area (Å²) in [5.41, 5.74) is 2.28. The van der Waals surface area contributed by atoms with E-state index < -0.39 is 0 Å². The van der Waals surface area contributed by atoms with Crippen LogP contribution in [0.3, 0.4) is 0 Å². The maximum absolute atomic E-state index is 13.9. The van der Waals surface area contributed by atoms with Gasteiger partial charge in [-0.3, -0.25) is 4.79 Å². The van der Waals surface area contributed by atoms with Crippen molar-refractivity contribution in [1.29, 1.82) is 0 Å². The third kappa shape index (κ3) is 4.65. The minimum atomic E-state index is -0.124. The summed E-state index contributed by atoms with van der Waals surface area (Å²) in [6, 6.07) is 10.7. The summed E-state index contributed by atoms with van der Waals surface area (Å²) >= 11 is 0. The number of rotatable bonds is 6. The fourth-order valence-electron chi connectivity index (χ4n) is 4.22. The van der Waals surface area contributed by atoms with Crippen molar-refractivity contribution >= 4 is 11.6 Å². The number of nitrogens with zero attached hydrogens (tertiary/aromatic N) is 4. The highest BCUT2D eigenvalue weighted by Gasteiger charge is 2.23. The number of likely N-dealkylation sites (tertiary alicyclic amines) is 1. The highest BCUT2D eigenvalue weighted by atomic mass is 19.1. The number of imidazole rings is 1. The third-order valence-corrected chi connectivity index (χ3v) is 5.77. The Bertz CT molecular complexity index is 986. The van der Waals surface area contributed by atoms with E-state index in [9.17, 15) is 9.18 Å². The molecule has 0 radical (unpaired) electrons. The number of halogens is 1. The zero-order valence-electron chi connectivity index (χ0n) is 16.8. The second-order valence-corrected chi connectivity index (χ2v) is 7.95. The standard InChI is InChI=1S/C23H27FN4O/c1-26(23(29)20-8-9-22-25-11-14-28(22)17-20)15-18-5-4-12-27(16-18)13-10-19-6-2-3-7-21(19)24/h2-3,6-9,11,14,17-18H,4-5,10,12-13,15-16H2,1H3. The molecule has 1 aliphatic heterocycles. The van der Waals surface area contributed by atoms with Crippen molar-refractivity contribution in [3.8, 4) is 0 Å². The third-order valence-electron chi connectivity index (χ3n) is 5.77. The van der Waals surface area contributed by atoms with Gasteiger partial charge in [-0.25, -0.2) is 9.37 Å². The Kier molecular flexibility index (Phi) is 5.90. The van der Waals surface area contributed by atoms with Crippen LogP contribution in [-0.2, 0) is 6.42 Å². The Morgan fingerprint density at radius 3 is 3.00 bits per heavy atom. The number of pyridine rings is 1. The maximum Gasteiger partial charge on any atom is 0.255 e. The normalized spacial score (nSPS) is 17.5. The summed E-state index contributed by atoms with van der Waals surface area (Å²) in [6.45, 7) is 3.58. The number of aromatic nitrogens is 2. The second-order valence-electron chi connectivity index (χ2n) is 7.95. The van der Waals surface area contributed by atoms with E-state index in [1.54, 1.807) is 12.3 Å². The summed E-state index contributed by atoms with van der Waals surface area (Å²) in [5, 5.41) is 0. The molecule has 29 heavy (non-hydrogen) atoms. The van der Waals surface area contributed by atoms with Crippen LogP contribution in [0.2, 0.25) is 0 Å². The van der Waals surface area contributed by atoms with Crippen LogP contribution in [0.5, 0.6) is 0 Å². The van der Waals surface area contributed by atoms with Gasteiger partial charge in [0.05, 0.1) is 5.56 Å². The second kappa shape index (κ2) is 8.74. The average Bonchev–Trinajstić information content (AvgIpc) is 3.21. The van der Waals surface area contributed by atoms with Gasteiger partial charge in [-0.2, -0.15) is 0 Å². The number of carbonyl (C=O) groups excluding carboxylic acids is 1. The summed E-state index contributed by atoms with van der Waals surface area (Å²) in [6.07, 6.45) is 8.37. The molecule has 2 aromatic heterocycles. The summed E-state index contributed by atoms with van der Waals surface area (Å²) < 4.78 is 15.7. The zero-order chi connectivity index (χ0) is 20.2. The van der Waals surface area contributed by atoms with E-state index in [-0.39, 0.29) is 11.7 Å². The highest BCUT2D eigenvalue weighted by molar-refractivity contribution is 5.94. The van der Waals surface area contributed by atoms with Gasteiger partial charge in [-0.15, -0.1) is 0 Å². The molecule has 0 N–H and O–H groups in total. The fourth-order valence-corrected chi connectivity index (χ4v) is 4.22. The molecule has 1 aromatic carbocycles. The van der Waals surface area contributed by atoms with Crippen molar-refractivity contribution in [2.75, 3.05) is 33.2 Å². The number of piperidine rings is 1.